The number of hydrogen-bond donors (Lipinski definition) is 3. The summed E-state index contributed by atoms with van der Waals surface area (Å²) in [6, 6.07) is 7.94. The first-order valence-electron chi connectivity index (χ1n) is 10.0. The summed E-state index contributed by atoms with van der Waals surface area (Å²) in [4.78, 5) is 12.4. The van der Waals surface area contributed by atoms with Crippen LogP contribution in [0.1, 0.15) is 31.1 Å². The van der Waals surface area contributed by atoms with Crippen molar-refractivity contribution in [1.29, 1.82) is 0 Å². The largest absolute Gasteiger partial charge is 0.504 e. The summed E-state index contributed by atoms with van der Waals surface area (Å²) in [5, 5.41) is 31.3. The van der Waals surface area contributed by atoms with Crippen molar-refractivity contribution < 1.29 is 39.1 Å². The SMILES string of the molecule is COc1cc(C[C@H]2C(=O)OC[C@H]2[C@H](O)c2ccc(OC(C)C)c(O)c2)cc(OC)c1O. The Labute approximate surface area is 180 Å². The summed E-state index contributed by atoms with van der Waals surface area (Å²) in [5.41, 5.74) is 1.15. The summed E-state index contributed by atoms with van der Waals surface area (Å²) < 4.78 is 21.1. The van der Waals surface area contributed by atoms with Crippen LogP contribution in [-0.2, 0) is 16.0 Å². The summed E-state index contributed by atoms with van der Waals surface area (Å²) >= 11 is 0. The monoisotopic (exact) mass is 432 g/mol. The average Bonchev–Trinajstić information content (AvgIpc) is 3.09. The van der Waals surface area contributed by atoms with E-state index in [1.807, 2.05) is 13.8 Å². The van der Waals surface area contributed by atoms with Gasteiger partial charge in [0.25, 0.3) is 0 Å². The molecule has 1 aliphatic rings. The van der Waals surface area contributed by atoms with E-state index in [0.29, 0.717) is 16.9 Å². The highest BCUT2D eigenvalue weighted by atomic mass is 16.5. The van der Waals surface area contributed by atoms with E-state index < -0.39 is 23.9 Å². The molecule has 3 rings (SSSR count). The van der Waals surface area contributed by atoms with Crippen LogP contribution in [0.5, 0.6) is 28.7 Å². The Morgan fingerprint density at radius 3 is 2.26 bits per heavy atom. The Balaban J connectivity index is 1.84. The molecule has 1 saturated heterocycles. The van der Waals surface area contributed by atoms with Crippen LogP contribution in [0.2, 0.25) is 0 Å². The topological polar surface area (TPSA) is 115 Å². The van der Waals surface area contributed by atoms with E-state index in [1.165, 1.54) is 20.3 Å². The molecule has 0 spiro atoms. The third kappa shape index (κ3) is 4.80. The molecule has 2 aromatic carbocycles. The van der Waals surface area contributed by atoms with Gasteiger partial charge in [-0.3, -0.25) is 4.79 Å². The number of cyclic esters (lactones) is 1. The van der Waals surface area contributed by atoms with Gasteiger partial charge in [-0.2, -0.15) is 0 Å². The third-order valence-electron chi connectivity index (χ3n) is 5.33. The Bertz CT molecular complexity index is 914. The molecule has 168 valence electrons. The molecule has 31 heavy (non-hydrogen) atoms. The van der Waals surface area contributed by atoms with Crippen molar-refractivity contribution in [2.24, 2.45) is 11.8 Å². The standard InChI is InChI=1S/C23H28O8/c1-12(2)31-18-6-5-14(10-17(18)24)21(25)16-11-30-23(27)15(16)7-13-8-19(28-3)22(26)20(9-13)29-4/h5-6,8-10,12,15-16,21,24-26H,7,11H2,1-4H3/t15-,16-,21-/m1/s1. The van der Waals surface area contributed by atoms with E-state index >= 15 is 0 Å². The highest BCUT2D eigenvalue weighted by Gasteiger charge is 2.42. The van der Waals surface area contributed by atoms with Gasteiger partial charge in [0, 0.05) is 5.92 Å². The Hall–Kier alpha value is -3.13. The number of esters is 1. The number of phenolic OH excluding ortho intramolecular Hbond substituents is 2. The van der Waals surface area contributed by atoms with Crippen molar-refractivity contribution in [3.8, 4) is 28.7 Å². The normalized spacial score (nSPS) is 19.2. The number of benzene rings is 2. The van der Waals surface area contributed by atoms with Crippen LogP contribution in [0, 0.1) is 11.8 Å². The molecule has 1 fully saturated rings. The van der Waals surface area contributed by atoms with Crippen molar-refractivity contribution in [1.82, 2.24) is 0 Å². The summed E-state index contributed by atoms with van der Waals surface area (Å²) in [5.74, 6) is -0.994. The lowest BCUT2D eigenvalue weighted by atomic mass is 9.83. The molecule has 0 bridgehead atoms. The smallest absolute Gasteiger partial charge is 0.309 e. The Kier molecular flexibility index (Phi) is 6.80. The van der Waals surface area contributed by atoms with Crippen LogP contribution < -0.4 is 14.2 Å². The number of aliphatic hydroxyl groups is 1. The molecule has 0 saturated carbocycles. The second kappa shape index (κ2) is 9.34. The van der Waals surface area contributed by atoms with E-state index in [4.69, 9.17) is 18.9 Å². The second-order valence-corrected chi connectivity index (χ2v) is 7.79. The molecule has 0 radical (unpaired) electrons. The van der Waals surface area contributed by atoms with Gasteiger partial charge in [0.05, 0.1) is 39.0 Å². The first-order valence-corrected chi connectivity index (χ1v) is 10.0. The number of ether oxygens (including phenoxy) is 4. The van der Waals surface area contributed by atoms with Crippen LogP contribution in [0.25, 0.3) is 0 Å². The highest BCUT2D eigenvalue weighted by Crippen LogP contribution is 2.41. The van der Waals surface area contributed by atoms with Crippen LogP contribution in [0.3, 0.4) is 0 Å². The first kappa shape index (κ1) is 22.6. The maximum absolute atomic E-state index is 12.4. The molecule has 0 amide bonds. The van der Waals surface area contributed by atoms with E-state index in [-0.39, 0.29) is 42.1 Å². The van der Waals surface area contributed by atoms with E-state index in [2.05, 4.69) is 0 Å². The molecule has 1 heterocycles. The number of methoxy groups -OCH3 is 2. The fourth-order valence-electron chi connectivity index (χ4n) is 3.76. The zero-order valence-electron chi connectivity index (χ0n) is 18.0. The van der Waals surface area contributed by atoms with Crippen molar-refractivity contribution in [2.75, 3.05) is 20.8 Å². The van der Waals surface area contributed by atoms with Crippen LogP contribution in [-0.4, -0.2) is 48.2 Å². The maximum atomic E-state index is 12.4. The number of aliphatic hydroxyl groups excluding tert-OH is 1. The lowest BCUT2D eigenvalue weighted by Crippen LogP contribution is -2.24. The molecule has 0 unspecified atom stereocenters. The average molecular weight is 432 g/mol. The van der Waals surface area contributed by atoms with E-state index in [1.54, 1.807) is 24.3 Å². The van der Waals surface area contributed by atoms with Gasteiger partial charge >= 0.3 is 5.97 Å². The molecule has 2 aromatic rings. The molecule has 1 aliphatic heterocycles. The van der Waals surface area contributed by atoms with Gasteiger partial charge in [-0.25, -0.2) is 0 Å². The molecule has 0 aliphatic carbocycles. The number of phenols is 2. The minimum atomic E-state index is -1.03. The number of carbonyl (C=O) groups excluding carboxylic acids is 1. The molecule has 3 atom stereocenters. The van der Waals surface area contributed by atoms with Crippen LogP contribution in [0.4, 0.5) is 0 Å². The van der Waals surface area contributed by atoms with Crippen molar-refractivity contribution in [3.63, 3.8) is 0 Å². The zero-order chi connectivity index (χ0) is 22.7. The van der Waals surface area contributed by atoms with Gasteiger partial charge in [0.15, 0.2) is 23.0 Å². The number of carbonyl (C=O) groups is 1. The van der Waals surface area contributed by atoms with Crippen molar-refractivity contribution >= 4 is 5.97 Å². The lowest BCUT2D eigenvalue weighted by molar-refractivity contribution is -0.141. The zero-order valence-corrected chi connectivity index (χ0v) is 18.0. The van der Waals surface area contributed by atoms with Gasteiger partial charge in [-0.1, -0.05) is 6.07 Å². The molecular weight excluding hydrogens is 404 g/mol. The fraction of sp³-hybridized carbons (Fsp3) is 0.435. The van der Waals surface area contributed by atoms with Gasteiger partial charge in [-0.15, -0.1) is 0 Å². The highest BCUT2D eigenvalue weighted by molar-refractivity contribution is 5.75. The van der Waals surface area contributed by atoms with Gasteiger partial charge in [-0.05, 0) is 55.7 Å². The van der Waals surface area contributed by atoms with Gasteiger partial charge in [0.1, 0.15) is 0 Å². The predicted molar refractivity (Wildman–Crippen MR) is 112 cm³/mol. The molecule has 8 heteroatoms. The number of aromatic hydroxyl groups is 2. The third-order valence-corrected chi connectivity index (χ3v) is 5.33. The van der Waals surface area contributed by atoms with Crippen molar-refractivity contribution in [2.45, 2.75) is 32.5 Å². The van der Waals surface area contributed by atoms with Crippen LogP contribution >= 0.6 is 0 Å². The number of rotatable bonds is 8. The summed E-state index contributed by atoms with van der Waals surface area (Å²) in [7, 11) is 2.85. The first-order chi connectivity index (χ1) is 14.7. The molecular formula is C23H28O8. The van der Waals surface area contributed by atoms with Crippen molar-refractivity contribution in [3.05, 3.63) is 41.5 Å². The summed E-state index contributed by atoms with van der Waals surface area (Å²) in [6.45, 7) is 3.76. The maximum Gasteiger partial charge on any atom is 0.309 e. The molecule has 0 aromatic heterocycles. The fourth-order valence-corrected chi connectivity index (χ4v) is 3.76. The van der Waals surface area contributed by atoms with Gasteiger partial charge in [0.2, 0.25) is 5.75 Å². The quantitative estimate of drug-likeness (QED) is 0.546. The van der Waals surface area contributed by atoms with E-state index in [0.717, 1.165) is 0 Å². The molecule has 3 N–H and O–H groups in total. The van der Waals surface area contributed by atoms with Crippen LogP contribution in [0.15, 0.2) is 30.3 Å². The lowest BCUT2D eigenvalue weighted by Gasteiger charge is -2.23. The minimum absolute atomic E-state index is 0.0576. The number of hydrogen-bond acceptors (Lipinski definition) is 8. The molecule has 8 nitrogen and oxygen atoms in total. The summed E-state index contributed by atoms with van der Waals surface area (Å²) in [6.07, 6.45) is -0.879. The van der Waals surface area contributed by atoms with E-state index in [9.17, 15) is 20.1 Å². The predicted octanol–water partition coefficient (Wildman–Crippen LogP) is 2.97. The van der Waals surface area contributed by atoms with Gasteiger partial charge < -0.3 is 34.3 Å². The Morgan fingerprint density at radius 2 is 1.71 bits per heavy atom. The Morgan fingerprint density at radius 1 is 1.06 bits per heavy atom. The second-order valence-electron chi connectivity index (χ2n) is 7.79. The minimum Gasteiger partial charge on any atom is -0.504 e.